The van der Waals surface area contributed by atoms with E-state index >= 15 is 0 Å². The van der Waals surface area contributed by atoms with Crippen molar-refractivity contribution in [1.29, 1.82) is 0 Å². The molecule has 1 aromatic rings. The van der Waals surface area contributed by atoms with Crippen LogP contribution in [-0.4, -0.2) is 41.6 Å². The normalized spacial score (nSPS) is 27.6. The second-order valence-electron chi connectivity index (χ2n) is 7.11. The molecular formula is C17H20Cl2N2O5S. The zero-order chi connectivity index (χ0) is 20.0. The maximum absolute atomic E-state index is 13.0. The molecule has 3 rings (SSSR count). The third-order valence-corrected chi connectivity index (χ3v) is 8.44. The molecule has 0 spiro atoms. The van der Waals surface area contributed by atoms with Crippen LogP contribution in [0.15, 0.2) is 28.1 Å². The third-order valence-electron chi connectivity index (χ3n) is 5.02. The van der Waals surface area contributed by atoms with Crippen molar-refractivity contribution in [2.45, 2.75) is 54.4 Å². The van der Waals surface area contributed by atoms with Crippen molar-refractivity contribution in [3.63, 3.8) is 0 Å². The van der Waals surface area contributed by atoms with Crippen LogP contribution in [0.1, 0.15) is 32.6 Å². The van der Waals surface area contributed by atoms with Gasteiger partial charge in [0.1, 0.15) is 4.90 Å². The third kappa shape index (κ3) is 3.63. The van der Waals surface area contributed by atoms with Crippen LogP contribution in [0.25, 0.3) is 0 Å². The van der Waals surface area contributed by atoms with Crippen LogP contribution in [0.5, 0.6) is 5.75 Å². The van der Waals surface area contributed by atoms with Crippen molar-refractivity contribution in [2.75, 3.05) is 5.32 Å². The molecule has 0 bridgehead atoms. The molecule has 27 heavy (non-hydrogen) atoms. The molecule has 1 aromatic carbocycles. The summed E-state index contributed by atoms with van der Waals surface area (Å²) in [4.78, 5) is 11.7. The Balaban J connectivity index is 1.86. The Kier molecular flexibility index (Phi) is 5.37. The van der Waals surface area contributed by atoms with Gasteiger partial charge in [0.2, 0.25) is 0 Å². The molecular weight excluding hydrogens is 415 g/mol. The van der Waals surface area contributed by atoms with Gasteiger partial charge in [-0.25, -0.2) is 13.2 Å². The van der Waals surface area contributed by atoms with Gasteiger partial charge in [-0.2, -0.15) is 0 Å². The van der Waals surface area contributed by atoms with Gasteiger partial charge in [0.05, 0.1) is 27.6 Å². The first-order chi connectivity index (χ1) is 12.5. The number of urea groups is 1. The molecule has 0 radical (unpaired) electrons. The fourth-order valence-electron chi connectivity index (χ4n) is 3.43. The fourth-order valence-corrected chi connectivity index (χ4v) is 6.17. The van der Waals surface area contributed by atoms with Gasteiger partial charge >= 0.3 is 6.03 Å². The van der Waals surface area contributed by atoms with Crippen LogP contribution in [0, 0.1) is 0 Å². The van der Waals surface area contributed by atoms with Gasteiger partial charge in [-0.1, -0.05) is 29.3 Å². The number of hydrogen-bond acceptors (Lipinski definition) is 5. The minimum atomic E-state index is -4.03. The number of allylic oxidation sites excluding steroid dienone is 1. The SMILES string of the molecule is CC1(S(=O)(=O)c2c(Cl)ccc(NC(=O)NC3CCC=C3Cl)c2O)CC(O)C1. The second kappa shape index (κ2) is 7.16. The van der Waals surface area contributed by atoms with Gasteiger partial charge in [-0.3, -0.25) is 0 Å². The van der Waals surface area contributed by atoms with E-state index in [1.165, 1.54) is 19.1 Å². The number of halogens is 2. The first-order valence-electron chi connectivity index (χ1n) is 8.42. The molecule has 4 N–H and O–H groups in total. The first kappa shape index (κ1) is 20.3. The Morgan fingerprint density at radius 2 is 1.96 bits per heavy atom. The van der Waals surface area contributed by atoms with Crippen molar-refractivity contribution >= 4 is 44.8 Å². The van der Waals surface area contributed by atoms with E-state index in [1.807, 2.05) is 6.08 Å². The zero-order valence-corrected chi connectivity index (χ0v) is 16.8. The molecule has 1 unspecified atom stereocenters. The van der Waals surface area contributed by atoms with Crippen LogP contribution in [0.3, 0.4) is 0 Å². The molecule has 10 heteroatoms. The van der Waals surface area contributed by atoms with Gasteiger partial charge in [0, 0.05) is 5.03 Å². The second-order valence-corrected chi connectivity index (χ2v) is 10.3. The highest BCUT2D eigenvalue weighted by molar-refractivity contribution is 7.93. The van der Waals surface area contributed by atoms with Gasteiger partial charge in [0.25, 0.3) is 0 Å². The zero-order valence-electron chi connectivity index (χ0n) is 14.5. The topological polar surface area (TPSA) is 116 Å². The first-order valence-corrected chi connectivity index (χ1v) is 10.7. The minimum absolute atomic E-state index is 0.0513. The lowest BCUT2D eigenvalue weighted by molar-refractivity contribution is 0.0637. The summed E-state index contributed by atoms with van der Waals surface area (Å²) in [5.41, 5.74) is -0.0861. The predicted octanol–water partition coefficient (Wildman–Crippen LogP) is 3.14. The number of aliphatic hydroxyl groups is 1. The lowest BCUT2D eigenvalue weighted by atomic mass is 9.83. The molecule has 148 valence electrons. The number of hydrogen-bond donors (Lipinski definition) is 4. The molecule has 0 aromatic heterocycles. The van der Waals surface area contributed by atoms with Crippen molar-refractivity contribution in [1.82, 2.24) is 5.32 Å². The Labute approximate surface area is 167 Å². The molecule has 1 saturated carbocycles. The fraction of sp³-hybridized carbons (Fsp3) is 0.471. The average molecular weight is 435 g/mol. The maximum atomic E-state index is 13.0. The highest BCUT2D eigenvalue weighted by Gasteiger charge is 2.52. The molecule has 1 fully saturated rings. The number of amides is 2. The smallest absolute Gasteiger partial charge is 0.319 e. The highest BCUT2D eigenvalue weighted by Crippen LogP contribution is 2.48. The van der Waals surface area contributed by atoms with Gasteiger partial charge < -0.3 is 20.8 Å². The number of phenolic OH excluding ortho intramolecular Hbond substituents is 1. The number of anilines is 1. The van der Waals surface area contributed by atoms with E-state index in [4.69, 9.17) is 23.2 Å². The summed E-state index contributed by atoms with van der Waals surface area (Å²) in [6.07, 6.45) is 2.63. The van der Waals surface area contributed by atoms with E-state index in [-0.39, 0.29) is 29.6 Å². The molecule has 1 atom stereocenters. The van der Waals surface area contributed by atoms with Crippen molar-refractivity contribution in [3.05, 3.63) is 28.3 Å². The molecule has 7 nitrogen and oxygen atoms in total. The van der Waals surface area contributed by atoms with Crippen LogP contribution in [-0.2, 0) is 9.84 Å². The summed E-state index contributed by atoms with van der Waals surface area (Å²) < 4.78 is 24.7. The predicted molar refractivity (Wildman–Crippen MR) is 103 cm³/mol. The summed E-state index contributed by atoms with van der Waals surface area (Å²) in [6.45, 7) is 1.49. The number of benzene rings is 1. The number of rotatable bonds is 4. The van der Waals surface area contributed by atoms with Gasteiger partial charge in [-0.05, 0) is 44.7 Å². The van der Waals surface area contributed by atoms with Crippen LogP contribution >= 0.6 is 23.2 Å². The number of nitrogens with one attached hydrogen (secondary N) is 2. The highest BCUT2D eigenvalue weighted by atomic mass is 35.5. The standard InChI is InChI=1S/C17H20Cl2N2O5S/c1-17(7-9(22)8-17)27(25,26)15-11(19)5-6-13(14(15)23)21-16(24)20-12-4-2-3-10(12)18/h3,5-6,9,12,22-23H,2,4,7-8H2,1H3,(H2,20,21,24). The van der Waals surface area contributed by atoms with Crippen LogP contribution in [0.2, 0.25) is 5.02 Å². The number of phenols is 1. The van der Waals surface area contributed by atoms with E-state index in [1.54, 1.807) is 0 Å². The Bertz CT molecular complexity index is 910. The largest absolute Gasteiger partial charge is 0.504 e. The summed E-state index contributed by atoms with van der Waals surface area (Å²) in [7, 11) is -4.03. The van der Waals surface area contributed by atoms with Crippen LogP contribution < -0.4 is 10.6 Å². The summed E-state index contributed by atoms with van der Waals surface area (Å²) in [5.74, 6) is -0.631. The lowest BCUT2D eigenvalue weighted by Gasteiger charge is -2.41. The van der Waals surface area contributed by atoms with E-state index in [0.29, 0.717) is 11.5 Å². The van der Waals surface area contributed by atoms with Crippen molar-refractivity contribution < 1.29 is 23.4 Å². The number of aromatic hydroxyl groups is 1. The minimum Gasteiger partial charge on any atom is -0.504 e. The van der Waals surface area contributed by atoms with E-state index in [2.05, 4.69) is 10.6 Å². The number of aliphatic hydroxyl groups excluding tert-OH is 1. The van der Waals surface area contributed by atoms with Crippen molar-refractivity contribution in [3.8, 4) is 5.75 Å². The quantitative estimate of drug-likeness (QED) is 0.543. The Morgan fingerprint density at radius 3 is 2.52 bits per heavy atom. The molecule has 0 aliphatic heterocycles. The van der Waals surface area contributed by atoms with E-state index in [0.717, 1.165) is 6.42 Å². The summed E-state index contributed by atoms with van der Waals surface area (Å²) in [5, 5.41) is 25.5. The molecule has 0 saturated heterocycles. The Hall–Kier alpha value is -1.48. The molecule has 2 aliphatic carbocycles. The summed E-state index contributed by atoms with van der Waals surface area (Å²) >= 11 is 12.0. The van der Waals surface area contributed by atoms with Gasteiger partial charge in [0.15, 0.2) is 15.6 Å². The van der Waals surface area contributed by atoms with E-state index < -0.39 is 37.4 Å². The lowest BCUT2D eigenvalue weighted by Crippen LogP contribution is -2.50. The number of carbonyl (C=O) groups is 1. The van der Waals surface area contributed by atoms with Crippen LogP contribution in [0.4, 0.5) is 10.5 Å². The summed E-state index contributed by atoms with van der Waals surface area (Å²) in [6, 6.07) is 1.67. The Morgan fingerprint density at radius 1 is 1.30 bits per heavy atom. The number of carbonyl (C=O) groups excluding carboxylic acids is 1. The van der Waals surface area contributed by atoms with Gasteiger partial charge in [-0.15, -0.1) is 0 Å². The van der Waals surface area contributed by atoms with Crippen molar-refractivity contribution in [2.24, 2.45) is 0 Å². The molecule has 2 aliphatic rings. The average Bonchev–Trinajstić information content (AvgIpc) is 2.93. The maximum Gasteiger partial charge on any atom is 0.319 e. The molecule has 2 amide bonds. The molecule has 0 heterocycles. The van der Waals surface area contributed by atoms with E-state index in [9.17, 15) is 23.4 Å². The monoisotopic (exact) mass is 434 g/mol. The number of sulfone groups is 1.